The Hall–Kier alpha value is -0.730. The lowest BCUT2D eigenvalue weighted by molar-refractivity contribution is 0.395. The van der Waals surface area contributed by atoms with Gasteiger partial charge in [0, 0.05) is 22.8 Å². The molecule has 1 aliphatic heterocycles. The van der Waals surface area contributed by atoms with Crippen molar-refractivity contribution in [3.8, 4) is 0 Å². The van der Waals surface area contributed by atoms with E-state index in [-0.39, 0.29) is 0 Å². The molecule has 114 valence electrons. The van der Waals surface area contributed by atoms with Crippen LogP contribution < -0.4 is 5.32 Å². The first-order valence-electron chi connectivity index (χ1n) is 6.90. The van der Waals surface area contributed by atoms with Gasteiger partial charge in [0.05, 0.1) is 0 Å². The Morgan fingerprint density at radius 3 is 3.00 bits per heavy atom. The Morgan fingerprint density at radius 2 is 2.19 bits per heavy atom. The molecule has 4 nitrogen and oxygen atoms in total. The van der Waals surface area contributed by atoms with Crippen molar-refractivity contribution in [2.45, 2.75) is 23.6 Å². The fourth-order valence-corrected chi connectivity index (χ4v) is 6.25. The lowest BCUT2D eigenvalue weighted by atomic mass is 10.1. The molecule has 21 heavy (non-hydrogen) atoms. The molecule has 3 rings (SSSR count). The van der Waals surface area contributed by atoms with Crippen LogP contribution in [0.1, 0.15) is 15.3 Å². The zero-order valence-corrected chi connectivity index (χ0v) is 14.3. The van der Waals surface area contributed by atoms with Crippen molar-refractivity contribution < 1.29 is 8.42 Å². The van der Waals surface area contributed by atoms with Crippen molar-refractivity contribution in [1.82, 2.24) is 9.62 Å². The van der Waals surface area contributed by atoms with Crippen molar-refractivity contribution in [2.75, 3.05) is 20.1 Å². The monoisotopic (exact) mass is 342 g/mol. The average molecular weight is 343 g/mol. The van der Waals surface area contributed by atoms with E-state index in [1.165, 1.54) is 16.2 Å². The molecule has 0 atom stereocenters. The average Bonchev–Trinajstić information content (AvgIpc) is 3.13. The Balaban J connectivity index is 1.79. The predicted molar refractivity (Wildman–Crippen MR) is 87.6 cm³/mol. The van der Waals surface area contributed by atoms with Crippen molar-refractivity contribution >= 4 is 32.7 Å². The second-order valence-electron chi connectivity index (χ2n) is 5.03. The number of nitrogens with zero attached hydrogens (tertiary/aromatic N) is 1. The van der Waals surface area contributed by atoms with Gasteiger partial charge in [-0.05, 0) is 55.6 Å². The molecule has 3 heterocycles. The van der Waals surface area contributed by atoms with E-state index in [1.807, 2.05) is 24.6 Å². The molecule has 0 spiro atoms. The first-order chi connectivity index (χ1) is 10.1. The number of likely N-dealkylation sites (N-methyl/N-ethyl adjacent to an activating group) is 1. The molecule has 0 fully saturated rings. The molecule has 0 unspecified atom stereocenters. The topological polar surface area (TPSA) is 49.4 Å². The second-order valence-corrected chi connectivity index (χ2v) is 9.37. The molecule has 1 aliphatic rings. The minimum atomic E-state index is -3.35. The van der Waals surface area contributed by atoms with Gasteiger partial charge in [0.2, 0.25) is 0 Å². The molecule has 2 aromatic heterocycles. The predicted octanol–water partition coefficient (Wildman–Crippen LogP) is 2.32. The van der Waals surface area contributed by atoms with Gasteiger partial charge in [-0.1, -0.05) is 0 Å². The number of thiophene rings is 2. The number of fused-ring (bicyclic) bond motifs is 1. The standard InChI is InChI=1S/C14H18N2O2S3/c1-15-7-4-12-2-3-14(20-12)21(17,18)16-8-5-13-11(10-16)6-9-19-13/h2-3,6,9,15H,4-5,7-8,10H2,1H3. The van der Waals surface area contributed by atoms with Gasteiger partial charge in [-0.3, -0.25) is 0 Å². The molecule has 0 bridgehead atoms. The lowest BCUT2D eigenvalue weighted by Crippen LogP contribution is -2.34. The third kappa shape index (κ3) is 3.07. The quantitative estimate of drug-likeness (QED) is 0.907. The SMILES string of the molecule is CNCCc1ccc(S(=O)(=O)N2CCc3sccc3C2)s1. The van der Waals surface area contributed by atoms with Gasteiger partial charge < -0.3 is 5.32 Å². The van der Waals surface area contributed by atoms with E-state index in [4.69, 9.17) is 0 Å². The maximum atomic E-state index is 12.7. The van der Waals surface area contributed by atoms with Gasteiger partial charge in [-0.15, -0.1) is 22.7 Å². The summed E-state index contributed by atoms with van der Waals surface area (Å²) in [7, 11) is -1.45. The molecule has 0 aromatic carbocycles. The van der Waals surface area contributed by atoms with Crippen LogP contribution in [0.25, 0.3) is 0 Å². The van der Waals surface area contributed by atoms with Crippen molar-refractivity contribution in [1.29, 1.82) is 0 Å². The Morgan fingerprint density at radius 1 is 1.33 bits per heavy atom. The van der Waals surface area contributed by atoms with Gasteiger partial charge in [-0.2, -0.15) is 4.31 Å². The van der Waals surface area contributed by atoms with Crippen LogP contribution in [-0.2, 0) is 29.4 Å². The molecule has 2 aromatic rings. The fraction of sp³-hybridized carbons (Fsp3) is 0.429. The van der Waals surface area contributed by atoms with Crippen molar-refractivity contribution in [3.63, 3.8) is 0 Å². The highest BCUT2D eigenvalue weighted by Crippen LogP contribution is 2.30. The maximum Gasteiger partial charge on any atom is 0.252 e. The molecular formula is C14H18N2O2S3. The Kier molecular flexibility index (Phi) is 4.46. The van der Waals surface area contributed by atoms with Crippen LogP contribution in [0, 0.1) is 0 Å². The maximum absolute atomic E-state index is 12.7. The van der Waals surface area contributed by atoms with Gasteiger partial charge in [0.25, 0.3) is 10.0 Å². The summed E-state index contributed by atoms with van der Waals surface area (Å²) in [6, 6.07) is 5.71. The summed E-state index contributed by atoms with van der Waals surface area (Å²) in [4.78, 5) is 2.43. The highest BCUT2D eigenvalue weighted by atomic mass is 32.2. The summed E-state index contributed by atoms with van der Waals surface area (Å²) >= 11 is 3.11. The van der Waals surface area contributed by atoms with E-state index < -0.39 is 10.0 Å². The first kappa shape index (κ1) is 15.2. The number of hydrogen-bond acceptors (Lipinski definition) is 5. The van der Waals surface area contributed by atoms with E-state index >= 15 is 0 Å². The highest BCUT2D eigenvalue weighted by Gasteiger charge is 2.29. The minimum Gasteiger partial charge on any atom is -0.319 e. The van der Waals surface area contributed by atoms with Crippen LogP contribution >= 0.6 is 22.7 Å². The molecular weight excluding hydrogens is 324 g/mol. The van der Waals surface area contributed by atoms with Gasteiger partial charge in [0.1, 0.15) is 4.21 Å². The number of nitrogens with one attached hydrogen (secondary N) is 1. The highest BCUT2D eigenvalue weighted by molar-refractivity contribution is 7.91. The molecule has 0 radical (unpaired) electrons. The van der Waals surface area contributed by atoms with E-state index in [0.29, 0.717) is 17.3 Å². The zero-order chi connectivity index (χ0) is 14.9. The third-order valence-electron chi connectivity index (χ3n) is 3.63. The summed E-state index contributed by atoms with van der Waals surface area (Å²) in [5.41, 5.74) is 1.15. The molecule has 0 saturated carbocycles. The molecule has 0 amide bonds. The van der Waals surface area contributed by atoms with Crippen LogP contribution in [0.15, 0.2) is 27.8 Å². The number of sulfonamides is 1. The van der Waals surface area contributed by atoms with Crippen molar-refractivity contribution in [3.05, 3.63) is 38.9 Å². The van der Waals surface area contributed by atoms with Crippen molar-refractivity contribution in [2.24, 2.45) is 0 Å². The van der Waals surface area contributed by atoms with E-state index in [0.717, 1.165) is 29.8 Å². The van der Waals surface area contributed by atoms with E-state index in [1.54, 1.807) is 21.7 Å². The van der Waals surface area contributed by atoms with Gasteiger partial charge >= 0.3 is 0 Å². The largest absolute Gasteiger partial charge is 0.319 e. The molecule has 0 aliphatic carbocycles. The number of rotatable bonds is 5. The van der Waals surface area contributed by atoms with Crippen LogP contribution in [0.2, 0.25) is 0 Å². The fourth-order valence-electron chi connectivity index (χ4n) is 2.43. The summed E-state index contributed by atoms with van der Waals surface area (Å²) in [6.45, 7) is 1.95. The minimum absolute atomic E-state index is 0.465. The van der Waals surface area contributed by atoms with Gasteiger partial charge in [-0.25, -0.2) is 8.42 Å². The number of hydrogen-bond donors (Lipinski definition) is 1. The van der Waals surface area contributed by atoms with E-state index in [9.17, 15) is 8.42 Å². The normalized spacial score (nSPS) is 16.0. The van der Waals surface area contributed by atoms with Crippen LogP contribution in [0.5, 0.6) is 0 Å². The summed E-state index contributed by atoms with van der Waals surface area (Å²) in [5, 5.41) is 5.13. The molecule has 1 N–H and O–H groups in total. The molecule has 0 saturated heterocycles. The smallest absolute Gasteiger partial charge is 0.252 e. The molecule has 7 heteroatoms. The Bertz CT molecular complexity index is 718. The van der Waals surface area contributed by atoms with Gasteiger partial charge in [0.15, 0.2) is 0 Å². The summed E-state index contributed by atoms with van der Waals surface area (Å²) in [6.07, 6.45) is 1.69. The third-order valence-corrected chi connectivity index (χ3v) is 8.11. The van der Waals surface area contributed by atoms with Crippen LogP contribution in [-0.4, -0.2) is 32.9 Å². The zero-order valence-electron chi connectivity index (χ0n) is 11.8. The van der Waals surface area contributed by atoms with Crippen LogP contribution in [0.3, 0.4) is 0 Å². The lowest BCUT2D eigenvalue weighted by Gasteiger charge is -2.25. The summed E-state index contributed by atoms with van der Waals surface area (Å²) < 4.78 is 27.5. The first-order valence-corrected chi connectivity index (χ1v) is 10.0. The Labute approximate surface area is 133 Å². The van der Waals surface area contributed by atoms with Crippen LogP contribution in [0.4, 0.5) is 0 Å². The summed E-state index contributed by atoms with van der Waals surface area (Å²) in [5.74, 6) is 0. The second kappa shape index (κ2) is 6.18. The van der Waals surface area contributed by atoms with E-state index in [2.05, 4.69) is 5.32 Å².